The first-order chi connectivity index (χ1) is 10.0. The van der Waals surface area contributed by atoms with Crippen molar-refractivity contribution in [3.8, 4) is 0 Å². The molecule has 1 aromatic carbocycles. The smallest absolute Gasteiger partial charge is 0.321 e. The third kappa shape index (κ3) is 4.29. The maximum Gasteiger partial charge on any atom is 0.321 e. The third-order valence-electron chi connectivity index (χ3n) is 4.44. The minimum Gasteiger partial charge on any atom is -0.480 e. The lowest BCUT2D eigenvalue weighted by Crippen LogP contribution is -2.49. The number of ether oxygens (including phenoxy) is 1. The summed E-state index contributed by atoms with van der Waals surface area (Å²) in [5.74, 6) is -0.800. The Balaban J connectivity index is 1.91. The molecule has 1 aromatic rings. The normalized spacial score (nSPS) is 19.5. The first kappa shape index (κ1) is 16.0. The molecule has 0 saturated heterocycles. The van der Waals surface area contributed by atoms with Crippen LogP contribution >= 0.6 is 0 Å². The maximum absolute atomic E-state index is 11.5. The van der Waals surface area contributed by atoms with Crippen LogP contribution in [0.25, 0.3) is 0 Å². The van der Waals surface area contributed by atoms with E-state index in [1.165, 1.54) is 6.42 Å². The van der Waals surface area contributed by atoms with Crippen molar-refractivity contribution < 1.29 is 14.6 Å². The molecule has 4 heteroatoms. The second-order valence-electron chi connectivity index (χ2n) is 6.09. The van der Waals surface area contributed by atoms with Crippen molar-refractivity contribution in [3.05, 3.63) is 35.9 Å². The van der Waals surface area contributed by atoms with Crippen LogP contribution in [0.5, 0.6) is 0 Å². The highest BCUT2D eigenvalue weighted by atomic mass is 16.5. The second kappa shape index (κ2) is 7.05. The van der Waals surface area contributed by atoms with Crippen LogP contribution in [0, 0.1) is 0 Å². The van der Waals surface area contributed by atoms with Crippen LogP contribution < -0.4 is 5.32 Å². The number of carboxylic acids is 1. The van der Waals surface area contributed by atoms with Gasteiger partial charge >= 0.3 is 5.97 Å². The summed E-state index contributed by atoms with van der Waals surface area (Å²) in [4.78, 5) is 11.5. The van der Waals surface area contributed by atoms with Crippen LogP contribution in [0.15, 0.2) is 30.3 Å². The van der Waals surface area contributed by atoms with Gasteiger partial charge in [0, 0.05) is 13.2 Å². The van der Waals surface area contributed by atoms with E-state index in [9.17, 15) is 9.90 Å². The van der Waals surface area contributed by atoms with Crippen LogP contribution in [-0.2, 0) is 16.0 Å². The van der Waals surface area contributed by atoms with E-state index in [0.29, 0.717) is 6.42 Å². The van der Waals surface area contributed by atoms with Gasteiger partial charge in [0.05, 0.1) is 5.60 Å². The van der Waals surface area contributed by atoms with E-state index in [2.05, 4.69) is 5.32 Å². The van der Waals surface area contributed by atoms with Crippen LogP contribution in [0.2, 0.25) is 0 Å². The topological polar surface area (TPSA) is 58.6 Å². The molecule has 0 bridgehead atoms. The molecule has 2 atom stereocenters. The van der Waals surface area contributed by atoms with E-state index in [-0.39, 0.29) is 11.6 Å². The summed E-state index contributed by atoms with van der Waals surface area (Å²) in [5.41, 5.74) is 0.997. The summed E-state index contributed by atoms with van der Waals surface area (Å²) < 4.78 is 5.62. The van der Waals surface area contributed by atoms with Crippen molar-refractivity contribution in [1.82, 2.24) is 5.32 Å². The molecular formula is C17H25NO3. The van der Waals surface area contributed by atoms with Crippen molar-refractivity contribution in [2.75, 3.05) is 7.11 Å². The summed E-state index contributed by atoms with van der Waals surface area (Å²) in [7, 11) is 1.75. The minimum atomic E-state index is -0.800. The Morgan fingerprint density at radius 3 is 2.52 bits per heavy atom. The van der Waals surface area contributed by atoms with E-state index in [1.54, 1.807) is 7.11 Å². The number of rotatable bonds is 8. The fourth-order valence-corrected chi connectivity index (χ4v) is 3.09. The van der Waals surface area contributed by atoms with Gasteiger partial charge in [0.2, 0.25) is 0 Å². The standard InChI is InChI=1S/C17H25NO3/c1-13(12-17(21-2)9-6-10-17)18-15(16(19)20)11-14-7-4-3-5-8-14/h3-5,7-8,13,15,18H,6,9-12H2,1-2H3,(H,19,20)/t13?,15-/m0/s1. The zero-order valence-electron chi connectivity index (χ0n) is 12.8. The molecule has 0 radical (unpaired) electrons. The second-order valence-corrected chi connectivity index (χ2v) is 6.09. The number of carbonyl (C=O) groups is 1. The Labute approximate surface area is 126 Å². The lowest BCUT2D eigenvalue weighted by atomic mass is 9.76. The van der Waals surface area contributed by atoms with Gasteiger partial charge in [-0.1, -0.05) is 30.3 Å². The quantitative estimate of drug-likeness (QED) is 0.773. The van der Waals surface area contributed by atoms with Gasteiger partial charge in [-0.25, -0.2) is 0 Å². The SMILES string of the molecule is COC1(CC(C)N[C@@H](Cc2ccccc2)C(=O)O)CCC1. The number of hydrogen-bond acceptors (Lipinski definition) is 3. The lowest BCUT2D eigenvalue weighted by molar-refractivity contribution is -0.140. The average molecular weight is 291 g/mol. The molecule has 0 heterocycles. The maximum atomic E-state index is 11.5. The van der Waals surface area contributed by atoms with Crippen LogP contribution in [0.4, 0.5) is 0 Å². The van der Waals surface area contributed by atoms with E-state index < -0.39 is 12.0 Å². The average Bonchev–Trinajstić information content (AvgIpc) is 2.43. The summed E-state index contributed by atoms with van der Waals surface area (Å²) >= 11 is 0. The highest BCUT2D eigenvalue weighted by Gasteiger charge is 2.38. The summed E-state index contributed by atoms with van der Waals surface area (Å²) in [6, 6.07) is 9.30. The minimum absolute atomic E-state index is 0.0395. The fourth-order valence-electron chi connectivity index (χ4n) is 3.09. The summed E-state index contributed by atoms with van der Waals surface area (Å²) in [6.07, 6.45) is 4.72. The predicted octanol–water partition coefficient (Wildman–Crippen LogP) is 2.62. The fraction of sp³-hybridized carbons (Fsp3) is 0.588. The Bertz CT molecular complexity index is 451. The highest BCUT2D eigenvalue weighted by Crippen LogP contribution is 2.38. The molecule has 4 nitrogen and oxygen atoms in total. The highest BCUT2D eigenvalue weighted by molar-refractivity contribution is 5.74. The molecule has 21 heavy (non-hydrogen) atoms. The molecule has 1 fully saturated rings. The van der Waals surface area contributed by atoms with Gasteiger partial charge in [0.1, 0.15) is 6.04 Å². The van der Waals surface area contributed by atoms with Crippen molar-refractivity contribution >= 4 is 5.97 Å². The number of nitrogens with one attached hydrogen (secondary N) is 1. The molecule has 1 unspecified atom stereocenters. The molecule has 0 aliphatic heterocycles. The van der Waals surface area contributed by atoms with E-state index >= 15 is 0 Å². The third-order valence-corrected chi connectivity index (χ3v) is 4.44. The monoisotopic (exact) mass is 291 g/mol. The zero-order chi connectivity index (χ0) is 15.3. The van der Waals surface area contributed by atoms with Crippen molar-refractivity contribution in [2.24, 2.45) is 0 Å². The molecule has 1 aliphatic carbocycles. The summed E-state index contributed by atoms with van der Waals surface area (Å²) in [5, 5.41) is 12.7. The molecule has 116 valence electrons. The number of aliphatic carboxylic acids is 1. The Hall–Kier alpha value is -1.39. The van der Waals surface area contributed by atoms with Crippen molar-refractivity contribution in [1.29, 1.82) is 0 Å². The number of carboxylic acid groups (broad SMARTS) is 1. The Morgan fingerprint density at radius 1 is 1.38 bits per heavy atom. The molecule has 2 N–H and O–H groups in total. The van der Waals surface area contributed by atoms with E-state index in [4.69, 9.17) is 4.74 Å². The van der Waals surface area contributed by atoms with Crippen LogP contribution in [0.3, 0.4) is 0 Å². The Morgan fingerprint density at radius 2 is 2.05 bits per heavy atom. The molecular weight excluding hydrogens is 266 g/mol. The molecule has 0 aromatic heterocycles. The molecule has 0 amide bonds. The predicted molar refractivity (Wildman–Crippen MR) is 82.4 cm³/mol. The number of methoxy groups -OCH3 is 1. The number of benzene rings is 1. The van der Waals surface area contributed by atoms with Gasteiger partial charge in [0.15, 0.2) is 0 Å². The van der Waals surface area contributed by atoms with Crippen molar-refractivity contribution in [3.63, 3.8) is 0 Å². The first-order valence-electron chi connectivity index (χ1n) is 7.62. The number of hydrogen-bond donors (Lipinski definition) is 2. The van der Waals surface area contributed by atoms with Crippen LogP contribution in [0.1, 0.15) is 38.2 Å². The largest absolute Gasteiger partial charge is 0.480 e. The van der Waals surface area contributed by atoms with Gasteiger partial charge in [-0.2, -0.15) is 0 Å². The molecule has 1 aliphatic rings. The molecule has 1 saturated carbocycles. The van der Waals surface area contributed by atoms with Gasteiger partial charge in [-0.05, 0) is 44.6 Å². The van der Waals surface area contributed by atoms with Gasteiger partial charge in [-0.3, -0.25) is 4.79 Å². The van der Waals surface area contributed by atoms with Crippen LogP contribution in [-0.4, -0.2) is 35.9 Å². The lowest BCUT2D eigenvalue weighted by Gasteiger charge is -2.42. The molecule has 0 spiro atoms. The Kier molecular flexibility index (Phi) is 5.37. The van der Waals surface area contributed by atoms with Gasteiger partial charge < -0.3 is 15.2 Å². The van der Waals surface area contributed by atoms with Crippen molar-refractivity contribution in [2.45, 2.75) is 56.7 Å². The first-order valence-corrected chi connectivity index (χ1v) is 7.62. The summed E-state index contributed by atoms with van der Waals surface area (Å²) in [6.45, 7) is 2.04. The van der Waals surface area contributed by atoms with Gasteiger partial charge in [-0.15, -0.1) is 0 Å². The molecule has 2 rings (SSSR count). The van der Waals surface area contributed by atoms with Gasteiger partial charge in [0.25, 0.3) is 0 Å². The van der Waals surface area contributed by atoms with E-state index in [1.807, 2.05) is 37.3 Å². The zero-order valence-corrected chi connectivity index (χ0v) is 12.8. The van der Waals surface area contributed by atoms with E-state index in [0.717, 1.165) is 24.8 Å².